The maximum Gasteiger partial charge on any atom is 0.411 e. The molecule has 0 aromatic heterocycles. The Morgan fingerprint density at radius 3 is 1.55 bits per heavy atom. The van der Waals surface area contributed by atoms with Gasteiger partial charge in [-0.15, -0.1) is 0 Å². The molecule has 118 valence electrons. The quantitative estimate of drug-likeness (QED) is 0.458. The van der Waals surface area contributed by atoms with Crippen LogP contribution in [0.4, 0.5) is 8.78 Å². The van der Waals surface area contributed by atoms with Gasteiger partial charge in [0.1, 0.15) is 0 Å². The third-order valence-corrected chi connectivity index (χ3v) is 5.66. The normalized spacial score (nSPS) is 12.3. The van der Waals surface area contributed by atoms with Crippen molar-refractivity contribution in [1.82, 2.24) is 0 Å². The van der Waals surface area contributed by atoms with Gasteiger partial charge in [0.2, 0.25) is 0 Å². The number of hydrogen-bond donors (Lipinski definition) is 0. The molecule has 3 nitrogen and oxygen atoms in total. The predicted molar refractivity (Wildman–Crippen MR) is 83.9 cm³/mol. The highest BCUT2D eigenvalue weighted by Gasteiger charge is 2.51. The van der Waals surface area contributed by atoms with Crippen LogP contribution in [0.5, 0.6) is 0 Å². The molecule has 0 saturated carbocycles. The molecule has 7 heteroatoms. The number of halogens is 3. The lowest BCUT2D eigenvalue weighted by Gasteiger charge is -2.22. The molecule has 0 spiro atoms. The van der Waals surface area contributed by atoms with Crippen molar-refractivity contribution < 1.29 is 22.4 Å². The minimum absolute atomic E-state index is 0.228. The van der Waals surface area contributed by atoms with Crippen LogP contribution in [0.25, 0.3) is 0 Å². The Morgan fingerprint density at radius 2 is 1.23 bits per heavy atom. The molecule has 0 bridgehead atoms. The zero-order chi connectivity index (χ0) is 16.1. The molecule has 0 radical (unpaired) electrons. The summed E-state index contributed by atoms with van der Waals surface area (Å²) >= 11 is 2.10. The Kier molecular flexibility index (Phi) is 5.87. The molecule has 0 N–H and O–H groups in total. The van der Waals surface area contributed by atoms with E-state index in [1.165, 1.54) is 0 Å². The molecular formula is C15H14BrF2O3P. The SMILES string of the molecule is O=P(OCc1ccccc1)(OCc1ccccc1)C(F)(F)Br. The number of benzene rings is 2. The molecule has 0 saturated heterocycles. The van der Waals surface area contributed by atoms with Crippen molar-refractivity contribution in [2.75, 3.05) is 0 Å². The summed E-state index contributed by atoms with van der Waals surface area (Å²) in [5, 5.41) is 0. The molecule has 0 aliphatic rings. The van der Waals surface area contributed by atoms with Crippen molar-refractivity contribution >= 4 is 23.5 Å². The van der Waals surface area contributed by atoms with E-state index in [4.69, 9.17) is 9.05 Å². The van der Waals surface area contributed by atoms with Gasteiger partial charge in [-0.2, -0.15) is 8.78 Å². The number of alkyl halides is 3. The lowest BCUT2D eigenvalue weighted by atomic mass is 10.2. The van der Waals surface area contributed by atoms with Crippen LogP contribution in [-0.2, 0) is 26.8 Å². The zero-order valence-electron chi connectivity index (χ0n) is 11.5. The number of hydrogen-bond acceptors (Lipinski definition) is 3. The Labute approximate surface area is 135 Å². The highest BCUT2D eigenvalue weighted by atomic mass is 79.9. The predicted octanol–water partition coefficient (Wildman–Crippen LogP) is 5.56. The molecular weight excluding hydrogens is 377 g/mol. The first-order chi connectivity index (χ1) is 10.4. The molecule has 0 fully saturated rings. The van der Waals surface area contributed by atoms with E-state index in [2.05, 4.69) is 15.9 Å². The van der Waals surface area contributed by atoms with Crippen LogP contribution in [0, 0.1) is 0 Å². The first-order valence-corrected chi connectivity index (χ1v) is 8.78. The van der Waals surface area contributed by atoms with E-state index in [9.17, 15) is 13.3 Å². The van der Waals surface area contributed by atoms with Crippen molar-refractivity contribution in [2.24, 2.45) is 0 Å². The molecule has 0 amide bonds. The monoisotopic (exact) mass is 390 g/mol. The van der Waals surface area contributed by atoms with Gasteiger partial charge in [-0.1, -0.05) is 60.7 Å². The second-order valence-electron chi connectivity index (χ2n) is 4.48. The summed E-state index contributed by atoms with van der Waals surface area (Å²) in [4.78, 5) is 0. The van der Waals surface area contributed by atoms with Gasteiger partial charge in [0.15, 0.2) is 0 Å². The zero-order valence-corrected chi connectivity index (χ0v) is 14.0. The van der Waals surface area contributed by atoms with Gasteiger partial charge in [-0.25, -0.2) is 0 Å². The van der Waals surface area contributed by atoms with E-state index < -0.39 is 12.2 Å². The van der Waals surface area contributed by atoms with Gasteiger partial charge in [0, 0.05) is 15.9 Å². The Bertz CT molecular complexity index is 585. The highest BCUT2D eigenvalue weighted by molar-refractivity contribution is 9.11. The Balaban J connectivity index is 2.06. The fourth-order valence-corrected chi connectivity index (χ4v) is 3.27. The molecule has 0 aliphatic carbocycles. The van der Waals surface area contributed by atoms with Crippen LogP contribution < -0.4 is 0 Å². The van der Waals surface area contributed by atoms with Crippen LogP contribution in [0.2, 0.25) is 0 Å². The minimum atomic E-state index is -4.65. The Morgan fingerprint density at radius 1 is 0.864 bits per heavy atom. The largest absolute Gasteiger partial charge is 0.411 e. The fraction of sp³-hybridized carbons (Fsp3) is 0.200. The minimum Gasteiger partial charge on any atom is -0.299 e. The summed E-state index contributed by atoms with van der Waals surface area (Å²) < 4.78 is 45.6. The fourth-order valence-electron chi connectivity index (χ4n) is 1.65. The average Bonchev–Trinajstić information content (AvgIpc) is 2.52. The molecule has 0 atom stereocenters. The summed E-state index contributed by atoms with van der Waals surface area (Å²) in [6.45, 7) is -0.456. The smallest absolute Gasteiger partial charge is 0.299 e. The van der Waals surface area contributed by atoms with Crippen molar-refractivity contribution in [3.05, 3.63) is 71.8 Å². The first kappa shape index (κ1) is 17.3. The third-order valence-electron chi connectivity index (χ3n) is 2.80. The van der Waals surface area contributed by atoms with Gasteiger partial charge < -0.3 is 0 Å². The Hall–Kier alpha value is -1.07. The molecule has 0 aliphatic heterocycles. The van der Waals surface area contributed by atoms with E-state index >= 15 is 0 Å². The van der Waals surface area contributed by atoms with Gasteiger partial charge >= 0.3 is 12.2 Å². The molecule has 22 heavy (non-hydrogen) atoms. The van der Waals surface area contributed by atoms with E-state index in [0.717, 1.165) is 0 Å². The van der Waals surface area contributed by atoms with Crippen molar-refractivity contribution in [2.45, 2.75) is 17.8 Å². The molecule has 2 aromatic rings. The van der Waals surface area contributed by atoms with Crippen LogP contribution in [0.1, 0.15) is 11.1 Å². The maximum absolute atomic E-state index is 13.6. The van der Waals surface area contributed by atoms with Gasteiger partial charge in [0.25, 0.3) is 0 Å². The van der Waals surface area contributed by atoms with Crippen LogP contribution in [-0.4, -0.2) is 4.57 Å². The van der Waals surface area contributed by atoms with Gasteiger partial charge in [0.05, 0.1) is 13.2 Å². The molecule has 0 unspecified atom stereocenters. The average molecular weight is 391 g/mol. The number of rotatable bonds is 7. The molecule has 2 rings (SSSR count). The lowest BCUT2D eigenvalue weighted by molar-refractivity contribution is 0.104. The van der Waals surface area contributed by atoms with Crippen LogP contribution in [0.15, 0.2) is 60.7 Å². The topological polar surface area (TPSA) is 35.5 Å². The second-order valence-corrected chi connectivity index (χ2v) is 8.17. The third kappa shape index (κ3) is 4.71. The van der Waals surface area contributed by atoms with Crippen molar-refractivity contribution in [3.8, 4) is 0 Å². The summed E-state index contributed by atoms with van der Waals surface area (Å²) in [7, 11) is -4.65. The van der Waals surface area contributed by atoms with Crippen LogP contribution in [0.3, 0.4) is 0 Å². The van der Waals surface area contributed by atoms with E-state index in [0.29, 0.717) is 11.1 Å². The maximum atomic E-state index is 13.6. The second kappa shape index (κ2) is 7.47. The summed E-state index contributed by atoms with van der Waals surface area (Å²) in [5.41, 5.74) is 1.26. The summed E-state index contributed by atoms with van der Waals surface area (Å²) in [6, 6.07) is 17.3. The first-order valence-electron chi connectivity index (χ1n) is 6.44. The molecule has 2 aromatic carbocycles. The van der Waals surface area contributed by atoms with Crippen LogP contribution >= 0.6 is 23.5 Å². The van der Waals surface area contributed by atoms with E-state index in [1.54, 1.807) is 60.7 Å². The molecule has 0 heterocycles. The van der Waals surface area contributed by atoms with E-state index in [1.807, 2.05) is 0 Å². The van der Waals surface area contributed by atoms with Gasteiger partial charge in [-0.05, 0) is 11.1 Å². The summed E-state index contributed by atoms with van der Waals surface area (Å²) in [5.74, 6) is 0. The van der Waals surface area contributed by atoms with E-state index in [-0.39, 0.29) is 13.2 Å². The highest BCUT2D eigenvalue weighted by Crippen LogP contribution is 2.65. The lowest BCUT2D eigenvalue weighted by Crippen LogP contribution is -2.12. The van der Waals surface area contributed by atoms with Gasteiger partial charge in [-0.3, -0.25) is 13.6 Å². The summed E-state index contributed by atoms with van der Waals surface area (Å²) in [6.07, 6.45) is 0. The van der Waals surface area contributed by atoms with Crippen molar-refractivity contribution in [1.29, 1.82) is 0 Å². The standard InChI is InChI=1S/C15H14BrF2O3P/c16-15(17,18)22(19,20-11-13-7-3-1-4-8-13)21-12-14-9-5-2-6-10-14/h1-10H,11-12H2. The van der Waals surface area contributed by atoms with Crippen molar-refractivity contribution in [3.63, 3.8) is 0 Å².